The third-order valence-electron chi connectivity index (χ3n) is 5.14. The van der Waals surface area contributed by atoms with E-state index in [9.17, 15) is 25.9 Å². The minimum absolute atomic E-state index is 0. The second-order valence-corrected chi connectivity index (χ2v) is 9.41. The fourth-order valence-electron chi connectivity index (χ4n) is 4.11. The summed E-state index contributed by atoms with van der Waals surface area (Å²) in [6.45, 7) is 0. The van der Waals surface area contributed by atoms with E-state index >= 15 is 0 Å². The zero-order chi connectivity index (χ0) is 19.8. The van der Waals surface area contributed by atoms with Crippen LogP contribution in [0, 0.1) is 0 Å². The predicted octanol–water partition coefficient (Wildman–Crippen LogP) is -1.54. The van der Waals surface area contributed by atoms with Gasteiger partial charge in [0.05, 0.1) is 0 Å². The first-order valence-corrected chi connectivity index (χ1v) is 11.1. The van der Waals surface area contributed by atoms with Crippen molar-refractivity contribution in [2.75, 3.05) is 0 Å². The SMILES string of the molecule is O=S(=O)(O)c1ccc2c3cccc4c(S(=O)(=O)O)ccc(c5cccc1c52)c43.[H-].[H-].[Na+].[Na+]. The molecular formula is C20H14Na2O6S2. The predicted molar refractivity (Wildman–Crippen MR) is 110 cm³/mol. The van der Waals surface area contributed by atoms with Crippen molar-refractivity contribution in [1.29, 1.82) is 0 Å². The molecular weight excluding hydrogens is 446 g/mol. The Bertz CT molecular complexity index is 1530. The first-order valence-electron chi connectivity index (χ1n) is 8.25. The summed E-state index contributed by atoms with van der Waals surface area (Å²) in [5.74, 6) is 0. The van der Waals surface area contributed by atoms with Crippen LogP contribution in [0.2, 0.25) is 0 Å². The van der Waals surface area contributed by atoms with Crippen LogP contribution in [-0.4, -0.2) is 25.9 Å². The standard InChI is InChI=1S/C20H12O6S2.2Na.2H/c21-27(22,23)17-9-8-14-12-4-2-6-16-18(28(24,25)26)10-7-13(20(12)16)11-3-1-5-15(17)19(11)14;;;;/h1-10H,(H,21,22,23)(H,24,25,26);;;;/q;2*+1;2*-1. The zero-order valence-corrected chi connectivity index (χ0v) is 21.8. The molecule has 5 aromatic rings. The minimum atomic E-state index is -4.41. The first kappa shape index (κ1) is 23.9. The molecule has 5 rings (SSSR count). The van der Waals surface area contributed by atoms with Gasteiger partial charge < -0.3 is 2.85 Å². The molecule has 0 radical (unpaired) electrons. The van der Waals surface area contributed by atoms with E-state index in [1.807, 2.05) is 12.1 Å². The maximum Gasteiger partial charge on any atom is 1.00 e. The van der Waals surface area contributed by atoms with Crippen molar-refractivity contribution < 1.29 is 87.9 Å². The van der Waals surface area contributed by atoms with Crippen molar-refractivity contribution in [3.63, 3.8) is 0 Å². The van der Waals surface area contributed by atoms with Gasteiger partial charge in [0.1, 0.15) is 9.79 Å². The summed E-state index contributed by atoms with van der Waals surface area (Å²) in [6.07, 6.45) is 0. The quantitative estimate of drug-likeness (QED) is 0.143. The third kappa shape index (κ3) is 3.49. The van der Waals surface area contributed by atoms with Crippen LogP contribution in [0.5, 0.6) is 0 Å². The molecule has 0 bridgehead atoms. The van der Waals surface area contributed by atoms with Crippen LogP contribution < -0.4 is 59.1 Å². The normalized spacial score (nSPS) is 12.3. The van der Waals surface area contributed by atoms with Crippen molar-refractivity contribution in [2.24, 2.45) is 0 Å². The van der Waals surface area contributed by atoms with Crippen molar-refractivity contribution in [3.05, 3.63) is 60.7 Å². The monoisotopic (exact) mass is 460 g/mol. The summed E-state index contributed by atoms with van der Waals surface area (Å²) >= 11 is 0. The molecule has 0 atom stereocenters. The van der Waals surface area contributed by atoms with Crippen LogP contribution in [0.1, 0.15) is 2.85 Å². The van der Waals surface area contributed by atoms with Gasteiger partial charge in [-0.05, 0) is 44.5 Å². The van der Waals surface area contributed by atoms with E-state index < -0.39 is 20.2 Å². The molecule has 0 aliphatic heterocycles. The van der Waals surface area contributed by atoms with Crippen molar-refractivity contribution in [2.45, 2.75) is 9.79 Å². The summed E-state index contributed by atoms with van der Waals surface area (Å²) in [4.78, 5) is -0.364. The average Bonchev–Trinajstić information content (AvgIpc) is 2.63. The number of rotatable bonds is 2. The van der Waals surface area contributed by atoms with Crippen molar-refractivity contribution >= 4 is 63.3 Å². The molecule has 0 unspecified atom stereocenters. The smallest absolute Gasteiger partial charge is 1.00 e. The molecule has 2 N–H and O–H groups in total. The maximum absolute atomic E-state index is 11.8. The molecule has 0 aromatic heterocycles. The van der Waals surface area contributed by atoms with Gasteiger partial charge in [0, 0.05) is 10.8 Å². The molecule has 30 heavy (non-hydrogen) atoms. The topological polar surface area (TPSA) is 109 Å². The number of hydrogen-bond donors (Lipinski definition) is 2. The van der Waals surface area contributed by atoms with E-state index in [0.717, 1.165) is 21.5 Å². The van der Waals surface area contributed by atoms with Gasteiger partial charge in [-0.2, -0.15) is 16.8 Å². The van der Waals surface area contributed by atoms with Crippen LogP contribution in [-0.2, 0) is 20.2 Å². The summed E-state index contributed by atoms with van der Waals surface area (Å²) < 4.78 is 66.5. The molecule has 0 aliphatic rings. The third-order valence-corrected chi connectivity index (χ3v) is 6.96. The number of hydrogen-bond acceptors (Lipinski definition) is 4. The molecule has 6 nitrogen and oxygen atoms in total. The second kappa shape index (κ2) is 7.97. The van der Waals surface area contributed by atoms with Crippen molar-refractivity contribution in [3.8, 4) is 0 Å². The van der Waals surface area contributed by atoms with E-state index in [0.29, 0.717) is 21.5 Å². The number of benzene rings is 5. The Balaban J connectivity index is 0.00000128. The van der Waals surface area contributed by atoms with Crippen LogP contribution in [0.3, 0.4) is 0 Å². The Morgan fingerprint density at radius 1 is 0.500 bits per heavy atom. The molecule has 144 valence electrons. The Hall–Kier alpha value is -0.780. The van der Waals surface area contributed by atoms with E-state index in [4.69, 9.17) is 0 Å². The summed E-state index contributed by atoms with van der Waals surface area (Å²) in [5, 5.41) is 5.01. The van der Waals surface area contributed by atoms with Crippen LogP contribution in [0.25, 0.3) is 43.1 Å². The fraction of sp³-hybridized carbons (Fsp3) is 0. The molecule has 10 heteroatoms. The number of fused-ring (bicyclic) bond motifs is 2. The summed E-state index contributed by atoms with van der Waals surface area (Å²) in [7, 11) is -8.83. The molecule has 0 saturated heterocycles. The molecule has 0 spiro atoms. The van der Waals surface area contributed by atoms with E-state index in [1.54, 1.807) is 36.4 Å². The molecule has 0 aliphatic carbocycles. The Morgan fingerprint density at radius 3 is 1.13 bits per heavy atom. The summed E-state index contributed by atoms with van der Waals surface area (Å²) in [6, 6.07) is 16.2. The van der Waals surface area contributed by atoms with Gasteiger partial charge in [0.15, 0.2) is 0 Å². The van der Waals surface area contributed by atoms with Crippen LogP contribution >= 0.6 is 0 Å². The molecule has 5 aromatic carbocycles. The Kier molecular flexibility index (Phi) is 6.34. The van der Waals surface area contributed by atoms with E-state index in [2.05, 4.69) is 0 Å². The fourth-order valence-corrected chi connectivity index (χ4v) is 5.48. The van der Waals surface area contributed by atoms with Gasteiger partial charge in [-0.25, -0.2) is 0 Å². The van der Waals surface area contributed by atoms with Gasteiger partial charge in [-0.15, -0.1) is 0 Å². The van der Waals surface area contributed by atoms with E-state index in [1.165, 1.54) is 12.1 Å². The Morgan fingerprint density at radius 2 is 0.800 bits per heavy atom. The molecule has 0 amide bonds. The molecule has 0 heterocycles. The average molecular weight is 460 g/mol. The Labute approximate surface area is 219 Å². The first-order chi connectivity index (χ1) is 13.2. The second-order valence-electron chi connectivity index (χ2n) is 6.63. The molecule has 0 saturated carbocycles. The van der Waals surface area contributed by atoms with E-state index in [-0.39, 0.29) is 71.8 Å². The van der Waals surface area contributed by atoms with Gasteiger partial charge in [-0.3, -0.25) is 9.11 Å². The zero-order valence-electron chi connectivity index (χ0n) is 18.1. The van der Waals surface area contributed by atoms with Gasteiger partial charge >= 0.3 is 59.1 Å². The van der Waals surface area contributed by atoms with Gasteiger partial charge in [0.2, 0.25) is 0 Å². The van der Waals surface area contributed by atoms with Gasteiger partial charge in [-0.1, -0.05) is 48.5 Å². The minimum Gasteiger partial charge on any atom is -1.00 e. The largest absolute Gasteiger partial charge is 1.00 e. The van der Waals surface area contributed by atoms with Crippen LogP contribution in [0.15, 0.2) is 70.5 Å². The van der Waals surface area contributed by atoms with Crippen LogP contribution in [0.4, 0.5) is 0 Å². The van der Waals surface area contributed by atoms with Gasteiger partial charge in [0.25, 0.3) is 20.2 Å². The summed E-state index contributed by atoms with van der Waals surface area (Å²) in [5.41, 5.74) is 0. The molecule has 0 fully saturated rings. The maximum atomic E-state index is 11.8. The van der Waals surface area contributed by atoms with Crippen molar-refractivity contribution in [1.82, 2.24) is 0 Å².